The molecule has 9 heteroatoms. The highest BCUT2D eigenvalue weighted by molar-refractivity contribution is 5.98. The van der Waals surface area contributed by atoms with E-state index in [1.165, 1.54) is 13.2 Å². The maximum absolute atomic E-state index is 12.2. The minimum absolute atomic E-state index is 0.199. The van der Waals surface area contributed by atoms with Crippen molar-refractivity contribution in [1.82, 2.24) is 15.5 Å². The van der Waals surface area contributed by atoms with Crippen LogP contribution in [0.15, 0.2) is 59.0 Å². The van der Waals surface area contributed by atoms with Crippen molar-refractivity contribution in [3.8, 4) is 11.5 Å². The van der Waals surface area contributed by atoms with Crippen LogP contribution in [0.25, 0.3) is 11.5 Å². The van der Waals surface area contributed by atoms with Crippen LogP contribution in [0.4, 0.5) is 5.69 Å². The quantitative estimate of drug-likeness (QED) is 0.508. The molecule has 3 rings (SSSR count). The zero-order valence-electron chi connectivity index (χ0n) is 17.0. The van der Waals surface area contributed by atoms with E-state index >= 15 is 0 Å². The first-order valence-corrected chi connectivity index (χ1v) is 9.68. The number of anilines is 1. The maximum Gasteiger partial charge on any atom is 0.325 e. The Bertz CT molecular complexity index is 1050. The summed E-state index contributed by atoms with van der Waals surface area (Å²) in [5, 5.41) is 13.2. The molecule has 0 fully saturated rings. The number of ether oxygens (including phenoxy) is 1. The molecule has 2 N–H and O–H groups in total. The van der Waals surface area contributed by atoms with Gasteiger partial charge in [-0.15, -0.1) is 10.2 Å². The second kappa shape index (κ2) is 10.7. The first-order valence-electron chi connectivity index (χ1n) is 9.68. The van der Waals surface area contributed by atoms with Crippen molar-refractivity contribution in [1.29, 1.82) is 0 Å². The van der Waals surface area contributed by atoms with Gasteiger partial charge in [-0.1, -0.05) is 24.3 Å². The van der Waals surface area contributed by atoms with E-state index in [9.17, 15) is 14.4 Å². The van der Waals surface area contributed by atoms with Gasteiger partial charge in [0.05, 0.1) is 7.11 Å². The zero-order chi connectivity index (χ0) is 22.1. The number of rotatable bonds is 9. The molecule has 0 unspecified atom stereocenters. The fraction of sp³-hybridized carbons (Fsp3) is 0.227. The van der Waals surface area contributed by atoms with Crippen molar-refractivity contribution in [3.05, 3.63) is 66.1 Å². The zero-order valence-corrected chi connectivity index (χ0v) is 17.0. The fourth-order valence-corrected chi connectivity index (χ4v) is 2.74. The summed E-state index contributed by atoms with van der Waals surface area (Å²) in [5.74, 6) is -0.268. The van der Waals surface area contributed by atoms with Crippen LogP contribution in [0.5, 0.6) is 0 Å². The standard InChI is InChI=1S/C22H22N4O5/c1-30-20(28)14-23-21(29)16-9-5-10-17(13-16)24-18(27)11-6-12-19-25-26-22(31-19)15-7-3-2-4-8-15/h2-5,7-10,13H,6,11-12,14H2,1H3,(H,23,29)(H,24,27). The second-order valence-electron chi connectivity index (χ2n) is 6.61. The van der Waals surface area contributed by atoms with Crippen LogP contribution in [0.1, 0.15) is 29.1 Å². The van der Waals surface area contributed by atoms with Gasteiger partial charge in [0.25, 0.3) is 5.91 Å². The van der Waals surface area contributed by atoms with E-state index in [0.29, 0.717) is 35.9 Å². The topological polar surface area (TPSA) is 123 Å². The third kappa shape index (κ3) is 6.49. The Balaban J connectivity index is 1.46. The molecular formula is C22H22N4O5. The molecule has 0 aliphatic rings. The highest BCUT2D eigenvalue weighted by Gasteiger charge is 2.11. The number of benzene rings is 2. The van der Waals surface area contributed by atoms with Crippen molar-refractivity contribution in [2.45, 2.75) is 19.3 Å². The molecule has 0 saturated heterocycles. The van der Waals surface area contributed by atoms with Gasteiger partial charge in [0, 0.05) is 29.7 Å². The molecule has 0 atom stereocenters. The summed E-state index contributed by atoms with van der Waals surface area (Å²) in [6.45, 7) is -0.229. The predicted molar refractivity (Wildman–Crippen MR) is 112 cm³/mol. The summed E-state index contributed by atoms with van der Waals surface area (Å²) < 4.78 is 10.1. The maximum atomic E-state index is 12.2. The highest BCUT2D eigenvalue weighted by atomic mass is 16.5. The Morgan fingerprint density at radius 2 is 1.84 bits per heavy atom. The molecular weight excluding hydrogens is 400 g/mol. The lowest BCUT2D eigenvalue weighted by molar-refractivity contribution is -0.139. The van der Waals surface area contributed by atoms with Crippen LogP contribution >= 0.6 is 0 Å². The molecule has 9 nitrogen and oxygen atoms in total. The van der Waals surface area contributed by atoms with Crippen LogP contribution < -0.4 is 10.6 Å². The first-order chi connectivity index (χ1) is 15.0. The van der Waals surface area contributed by atoms with Crippen LogP contribution in [0, 0.1) is 0 Å². The minimum Gasteiger partial charge on any atom is -0.468 e. The number of nitrogens with zero attached hydrogens (tertiary/aromatic N) is 2. The van der Waals surface area contributed by atoms with E-state index in [2.05, 4.69) is 25.6 Å². The molecule has 0 spiro atoms. The van der Waals surface area contributed by atoms with Gasteiger partial charge in [-0.3, -0.25) is 14.4 Å². The first kappa shape index (κ1) is 21.7. The van der Waals surface area contributed by atoms with E-state index in [-0.39, 0.29) is 18.9 Å². The lowest BCUT2D eigenvalue weighted by Gasteiger charge is -2.08. The lowest BCUT2D eigenvalue weighted by Crippen LogP contribution is -2.30. The van der Waals surface area contributed by atoms with Gasteiger partial charge >= 0.3 is 5.97 Å². The molecule has 160 valence electrons. The molecule has 1 heterocycles. The normalized spacial score (nSPS) is 10.4. The van der Waals surface area contributed by atoms with Crippen molar-refractivity contribution >= 4 is 23.5 Å². The number of hydrogen-bond acceptors (Lipinski definition) is 7. The molecule has 0 aliphatic carbocycles. The number of amides is 2. The molecule has 0 radical (unpaired) electrons. The number of nitrogens with one attached hydrogen (secondary N) is 2. The van der Waals surface area contributed by atoms with Gasteiger partial charge in [0.1, 0.15) is 6.54 Å². The van der Waals surface area contributed by atoms with Gasteiger partial charge in [-0.05, 0) is 36.8 Å². The Kier molecular flexibility index (Phi) is 7.47. The van der Waals surface area contributed by atoms with Gasteiger partial charge < -0.3 is 19.8 Å². The molecule has 3 aromatic rings. The van der Waals surface area contributed by atoms with E-state index in [0.717, 1.165) is 5.56 Å². The molecule has 2 amide bonds. The summed E-state index contributed by atoms with van der Waals surface area (Å²) in [4.78, 5) is 35.4. The number of aromatic nitrogens is 2. The highest BCUT2D eigenvalue weighted by Crippen LogP contribution is 2.18. The summed E-state index contributed by atoms with van der Waals surface area (Å²) in [5.41, 5.74) is 1.65. The Labute approximate surface area is 178 Å². The monoisotopic (exact) mass is 422 g/mol. The number of esters is 1. The number of hydrogen-bond donors (Lipinski definition) is 2. The van der Waals surface area contributed by atoms with Crippen LogP contribution in [-0.4, -0.2) is 41.6 Å². The Morgan fingerprint density at radius 3 is 2.61 bits per heavy atom. The van der Waals surface area contributed by atoms with Gasteiger partial charge in [-0.25, -0.2) is 0 Å². The van der Waals surface area contributed by atoms with Crippen LogP contribution in [0.3, 0.4) is 0 Å². The molecule has 2 aromatic carbocycles. The Hall–Kier alpha value is -4.01. The molecule has 1 aromatic heterocycles. The lowest BCUT2D eigenvalue weighted by atomic mass is 10.1. The number of carbonyl (C=O) groups excluding carboxylic acids is 3. The summed E-state index contributed by atoms with van der Waals surface area (Å²) in [7, 11) is 1.24. The molecule has 0 bridgehead atoms. The largest absolute Gasteiger partial charge is 0.468 e. The average Bonchev–Trinajstić information content (AvgIpc) is 3.27. The predicted octanol–water partition coefficient (Wildman–Crippen LogP) is 2.60. The minimum atomic E-state index is -0.546. The molecule has 0 aliphatic heterocycles. The SMILES string of the molecule is COC(=O)CNC(=O)c1cccc(NC(=O)CCCc2nnc(-c3ccccc3)o2)c1. The van der Waals surface area contributed by atoms with Crippen LogP contribution in [-0.2, 0) is 20.7 Å². The summed E-state index contributed by atoms with van der Waals surface area (Å²) >= 11 is 0. The molecule has 31 heavy (non-hydrogen) atoms. The van der Waals surface area contributed by atoms with Crippen LogP contribution in [0.2, 0.25) is 0 Å². The fourth-order valence-electron chi connectivity index (χ4n) is 2.74. The van der Waals surface area contributed by atoms with E-state index in [1.807, 2.05) is 30.3 Å². The summed E-state index contributed by atoms with van der Waals surface area (Å²) in [6.07, 6.45) is 1.26. The smallest absolute Gasteiger partial charge is 0.325 e. The van der Waals surface area contributed by atoms with E-state index in [1.54, 1.807) is 18.2 Å². The van der Waals surface area contributed by atoms with Gasteiger partial charge in [0.2, 0.25) is 17.7 Å². The number of aryl methyl sites for hydroxylation is 1. The average molecular weight is 422 g/mol. The second-order valence-corrected chi connectivity index (χ2v) is 6.61. The third-order valence-electron chi connectivity index (χ3n) is 4.31. The summed E-state index contributed by atoms with van der Waals surface area (Å²) in [6, 6.07) is 15.9. The van der Waals surface area contributed by atoms with Gasteiger partial charge in [-0.2, -0.15) is 0 Å². The van der Waals surface area contributed by atoms with E-state index < -0.39 is 11.9 Å². The van der Waals surface area contributed by atoms with Crippen molar-refractivity contribution in [2.24, 2.45) is 0 Å². The van der Waals surface area contributed by atoms with Crippen molar-refractivity contribution < 1.29 is 23.5 Å². The number of methoxy groups -OCH3 is 1. The van der Waals surface area contributed by atoms with Gasteiger partial charge in [0.15, 0.2) is 0 Å². The van der Waals surface area contributed by atoms with E-state index in [4.69, 9.17) is 4.42 Å². The van der Waals surface area contributed by atoms with Crippen molar-refractivity contribution in [2.75, 3.05) is 19.0 Å². The third-order valence-corrected chi connectivity index (χ3v) is 4.31. The molecule has 0 saturated carbocycles. The van der Waals surface area contributed by atoms with Crippen molar-refractivity contribution in [3.63, 3.8) is 0 Å². The Morgan fingerprint density at radius 1 is 1.03 bits per heavy atom. The number of carbonyl (C=O) groups is 3.